The Bertz CT molecular complexity index is 978. The van der Waals surface area contributed by atoms with Gasteiger partial charge in [0.15, 0.2) is 0 Å². The molecule has 3 rings (SSSR count). The lowest BCUT2D eigenvalue weighted by Crippen LogP contribution is -2.09. The van der Waals surface area contributed by atoms with E-state index in [2.05, 4.69) is 9.97 Å². The summed E-state index contributed by atoms with van der Waals surface area (Å²) >= 11 is -0.250. The summed E-state index contributed by atoms with van der Waals surface area (Å²) in [4.78, 5) is 20.1. The fraction of sp³-hybridized carbons (Fsp3) is 0.0625. The van der Waals surface area contributed by atoms with Crippen molar-refractivity contribution in [1.82, 2.24) is 9.97 Å². The van der Waals surface area contributed by atoms with E-state index in [0.717, 1.165) is 0 Å². The van der Waals surface area contributed by atoms with Crippen molar-refractivity contribution in [2.24, 2.45) is 0 Å². The number of nitrogens with zero attached hydrogens (tertiary/aromatic N) is 2. The highest BCUT2D eigenvalue weighted by molar-refractivity contribution is 8.00. The monoisotopic (exact) mass is 380 g/mol. The number of carbonyl (C=O) groups excluding carboxylic acids is 1. The quantitative estimate of drug-likeness (QED) is 0.406. The number of ether oxygens (including phenoxy) is 1. The van der Waals surface area contributed by atoms with Gasteiger partial charge in [-0.25, -0.2) is 9.78 Å². The van der Waals surface area contributed by atoms with E-state index >= 15 is 0 Å². The van der Waals surface area contributed by atoms with Gasteiger partial charge in [-0.05, 0) is 54.2 Å². The second-order valence-corrected chi connectivity index (χ2v) is 6.25. The lowest BCUT2D eigenvalue weighted by Gasteiger charge is -2.08. The van der Waals surface area contributed by atoms with Crippen molar-refractivity contribution in [3.63, 3.8) is 0 Å². The zero-order chi connectivity index (χ0) is 18.9. The van der Waals surface area contributed by atoms with Crippen LogP contribution in [0.25, 0.3) is 10.9 Å². The number of carbonyl (C=O) groups is 1. The number of thioether (sulfide) groups is 1. The molecule has 0 amide bonds. The van der Waals surface area contributed by atoms with Crippen LogP contribution < -0.4 is 16.2 Å². The first kappa shape index (κ1) is 17.8. The van der Waals surface area contributed by atoms with Crippen LogP contribution in [0, 0.1) is 0 Å². The van der Waals surface area contributed by atoms with Gasteiger partial charge in [0.1, 0.15) is 11.6 Å². The van der Waals surface area contributed by atoms with Crippen LogP contribution in [0.1, 0.15) is 10.4 Å². The van der Waals surface area contributed by atoms with Crippen molar-refractivity contribution >= 4 is 40.4 Å². The molecule has 26 heavy (non-hydrogen) atoms. The number of fused-ring (bicyclic) bond motifs is 1. The molecule has 0 aliphatic carbocycles. The second kappa shape index (κ2) is 6.71. The summed E-state index contributed by atoms with van der Waals surface area (Å²) in [6, 6.07) is 9.48. The Hall–Kier alpha value is -3.01. The van der Waals surface area contributed by atoms with Gasteiger partial charge in [-0.15, -0.1) is 0 Å². The van der Waals surface area contributed by atoms with Crippen molar-refractivity contribution in [2.45, 2.75) is 10.4 Å². The topological polar surface area (TPSA) is 104 Å². The highest BCUT2D eigenvalue weighted by Crippen LogP contribution is 2.37. The molecule has 0 atom stereocenters. The fourth-order valence-corrected chi connectivity index (χ4v) is 2.71. The Morgan fingerprint density at radius 2 is 1.73 bits per heavy atom. The number of halogens is 3. The minimum absolute atomic E-state index is 0.00878. The number of benzene rings is 2. The lowest BCUT2D eigenvalue weighted by molar-refractivity contribution is -0.0328. The largest absolute Gasteiger partial charge is 0.446 e. The van der Waals surface area contributed by atoms with Crippen molar-refractivity contribution < 1.29 is 22.7 Å². The Labute approximate surface area is 149 Å². The molecule has 0 aliphatic rings. The minimum atomic E-state index is -4.38. The van der Waals surface area contributed by atoms with Crippen molar-refractivity contribution in [1.29, 1.82) is 0 Å². The summed E-state index contributed by atoms with van der Waals surface area (Å²) in [6.07, 6.45) is 0. The van der Waals surface area contributed by atoms with Crippen LogP contribution >= 0.6 is 11.8 Å². The van der Waals surface area contributed by atoms with E-state index < -0.39 is 11.5 Å². The van der Waals surface area contributed by atoms with Crippen molar-refractivity contribution in [3.8, 4) is 5.75 Å². The SMILES string of the molecule is Nc1nc(N)c2cc(C(=O)Oc3ccc(SC(F)(F)F)cc3)ccc2n1. The fourth-order valence-electron chi connectivity index (χ4n) is 2.17. The van der Waals surface area contributed by atoms with Gasteiger partial charge in [0.05, 0.1) is 11.1 Å². The third-order valence-electron chi connectivity index (χ3n) is 3.25. The van der Waals surface area contributed by atoms with Crippen LogP contribution in [-0.2, 0) is 0 Å². The summed E-state index contributed by atoms with van der Waals surface area (Å²) in [5.41, 5.74) is 7.56. The Morgan fingerprint density at radius 3 is 2.38 bits per heavy atom. The third-order valence-corrected chi connectivity index (χ3v) is 3.99. The standard InChI is InChI=1S/C16H11F3N4O2S/c17-16(18,19)26-10-4-2-9(3-5-10)25-14(24)8-1-6-12-11(7-8)13(20)23-15(21)22-12/h1-7H,(H4,20,21,22,23). The third kappa shape index (κ3) is 4.14. The molecule has 1 heterocycles. The van der Waals surface area contributed by atoms with Gasteiger partial charge in [-0.1, -0.05) is 0 Å². The van der Waals surface area contributed by atoms with Crippen LogP contribution in [0.2, 0.25) is 0 Å². The Morgan fingerprint density at radius 1 is 1.04 bits per heavy atom. The summed E-state index contributed by atoms with van der Waals surface area (Å²) < 4.78 is 42.1. The minimum Gasteiger partial charge on any atom is -0.423 e. The number of nitrogen functional groups attached to an aromatic ring is 2. The molecule has 0 bridgehead atoms. The van der Waals surface area contributed by atoms with Gasteiger partial charge in [0.2, 0.25) is 5.95 Å². The van der Waals surface area contributed by atoms with Crippen LogP contribution in [0.3, 0.4) is 0 Å². The normalized spacial score (nSPS) is 11.5. The number of anilines is 2. The average molecular weight is 380 g/mol. The van der Waals surface area contributed by atoms with E-state index in [4.69, 9.17) is 16.2 Å². The number of alkyl halides is 3. The summed E-state index contributed by atoms with van der Waals surface area (Å²) in [5, 5.41) is 0.436. The molecular weight excluding hydrogens is 369 g/mol. The number of aromatic nitrogens is 2. The van der Waals surface area contributed by atoms with Gasteiger partial charge in [0, 0.05) is 10.3 Å². The van der Waals surface area contributed by atoms with E-state index in [1.54, 1.807) is 6.07 Å². The van der Waals surface area contributed by atoms with Crippen molar-refractivity contribution in [3.05, 3.63) is 48.0 Å². The molecule has 0 aliphatic heterocycles. The predicted octanol–water partition coefficient (Wildman–Crippen LogP) is 3.63. The van der Waals surface area contributed by atoms with E-state index in [0.29, 0.717) is 10.9 Å². The van der Waals surface area contributed by atoms with Gasteiger partial charge >= 0.3 is 11.5 Å². The molecule has 0 saturated heterocycles. The van der Waals surface area contributed by atoms with Gasteiger partial charge < -0.3 is 16.2 Å². The molecule has 2 aromatic carbocycles. The van der Waals surface area contributed by atoms with Crippen LogP contribution in [0.5, 0.6) is 5.75 Å². The second-order valence-electron chi connectivity index (χ2n) is 5.11. The van der Waals surface area contributed by atoms with Crippen LogP contribution in [0.15, 0.2) is 47.4 Å². The lowest BCUT2D eigenvalue weighted by atomic mass is 10.1. The summed E-state index contributed by atoms with van der Waals surface area (Å²) in [6.45, 7) is 0. The zero-order valence-corrected chi connectivity index (χ0v) is 13.8. The molecule has 10 heteroatoms. The maximum atomic E-state index is 12.3. The molecule has 0 radical (unpaired) electrons. The number of rotatable bonds is 3. The van der Waals surface area contributed by atoms with Crippen molar-refractivity contribution in [2.75, 3.05) is 11.5 Å². The van der Waals surface area contributed by atoms with E-state index in [1.165, 1.54) is 36.4 Å². The molecule has 4 N–H and O–H groups in total. The summed E-state index contributed by atoms with van der Waals surface area (Å²) in [7, 11) is 0. The van der Waals surface area contributed by atoms with E-state index in [1.807, 2.05) is 0 Å². The smallest absolute Gasteiger partial charge is 0.423 e. The number of hydrogen-bond acceptors (Lipinski definition) is 7. The van der Waals surface area contributed by atoms with Crippen LogP contribution in [0.4, 0.5) is 24.9 Å². The van der Waals surface area contributed by atoms with Gasteiger partial charge in [-0.2, -0.15) is 18.2 Å². The van der Waals surface area contributed by atoms with Gasteiger partial charge in [-0.3, -0.25) is 0 Å². The Balaban J connectivity index is 1.78. The molecule has 6 nitrogen and oxygen atoms in total. The molecule has 0 saturated carbocycles. The molecule has 0 unspecified atom stereocenters. The predicted molar refractivity (Wildman–Crippen MR) is 91.7 cm³/mol. The van der Waals surface area contributed by atoms with E-state index in [9.17, 15) is 18.0 Å². The highest BCUT2D eigenvalue weighted by atomic mass is 32.2. The highest BCUT2D eigenvalue weighted by Gasteiger charge is 2.29. The molecule has 1 aromatic heterocycles. The molecule has 134 valence electrons. The van der Waals surface area contributed by atoms with E-state index in [-0.39, 0.29) is 39.7 Å². The zero-order valence-electron chi connectivity index (χ0n) is 12.9. The average Bonchev–Trinajstić information content (AvgIpc) is 2.55. The number of esters is 1. The first-order chi connectivity index (χ1) is 12.2. The summed E-state index contributed by atoms with van der Waals surface area (Å²) in [5.74, 6) is -0.444. The maximum Gasteiger partial charge on any atom is 0.446 e. The molecule has 0 spiro atoms. The molecule has 3 aromatic rings. The molecule has 0 fully saturated rings. The van der Waals surface area contributed by atoms with Crippen LogP contribution in [-0.4, -0.2) is 21.4 Å². The number of nitrogens with two attached hydrogens (primary N) is 2. The molecular formula is C16H11F3N4O2S. The Kier molecular flexibility index (Phi) is 4.60. The van der Waals surface area contributed by atoms with Gasteiger partial charge in [0.25, 0.3) is 0 Å². The number of hydrogen-bond donors (Lipinski definition) is 2. The maximum absolute atomic E-state index is 12.3. The first-order valence-corrected chi connectivity index (χ1v) is 7.94. The first-order valence-electron chi connectivity index (χ1n) is 7.12.